The van der Waals surface area contributed by atoms with Gasteiger partial charge in [-0.25, -0.2) is 8.42 Å². The van der Waals surface area contributed by atoms with Gasteiger partial charge in [0.15, 0.2) is 11.5 Å². The summed E-state index contributed by atoms with van der Waals surface area (Å²) in [6.07, 6.45) is 1.74. The van der Waals surface area contributed by atoms with E-state index in [4.69, 9.17) is 14.2 Å². The first-order chi connectivity index (χ1) is 11.8. The topological polar surface area (TPSA) is 94.2 Å². The van der Waals surface area contributed by atoms with Gasteiger partial charge in [0.1, 0.15) is 0 Å². The van der Waals surface area contributed by atoms with Crippen LogP contribution in [0.3, 0.4) is 0 Å². The van der Waals surface area contributed by atoms with E-state index in [0.717, 1.165) is 10.6 Å². The van der Waals surface area contributed by atoms with Crippen molar-refractivity contribution in [2.24, 2.45) is 0 Å². The number of nitrogens with zero attached hydrogens (tertiary/aromatic N) is 1. The van der Waals surface area contributed by atoms with Crippen molar-refractivity contribution in [1.82, 2.24) is 5.32 Å². The number of benzene rings is 1. The number of methoxy groups -OCH3 is 3. The number of anilines is 1. The van der Waals surface area contributed by atoms with E-state index in [1.807, 2.05) is 0 Å². The molecule has 0 bridgehead atoms. The van der Waals surface area contributed by atoms with Crippen molar-refractivity contribution in [2.45, 2.75) is 13.3 Å². The van der Waals surface area contributed by atoms with Gasteiger partial charge in [-0.2, -0.15) is 0 Å². The predicted octanol–water partition coefficient (Wildman–Crippen LogP) is 1.26. The molecule has 0 unspecified atom stereocenters. The Kier molecular flexibility index (Phi) is 7.98. The smallest absolute Gasteiger partial charge is 0.253 e. The van der Waals surface area contributed by atoms with Crippen molar-refractivity contribution >= 4 is 21.6 Å². The summed E-state index contributed by atoms with van der Waals surface area (Å²) in [5.41, 5.74) is 0.439. The Hall–Kier alpha value is -2.00. The van der Waals surface area contributed by atoms with Gasteiger partial charge in [-0.05, 0) is 19.4 Å². The lowest BCUT2D eigenvalue weighted by atomic mass is 10.1. The van der Waals surface area contributed by atoms with E-state index >= 15 is 0 Å². The van der Waals surface area contributed by atoms with Crippen LogP contribution in [0.25, 0.3) is 0 Å². The second kappa shape index (κ2) is 9.47. The number of nitrogens with one attached hydrogen (secondary N) is 1. The van der Waals surface area contributed by atoms with E-state index < -0.39 is 15.9 Å². The lowest BCUT2D eigenvalue weighted by molar-refractivity contribution is 0.0949. The lowest BCUT2D eigenvalue weighted by Crippen LogP contribution is -2.33. The number of carbonyl (C=O) groups is 1. The van der Waals surface area contributed by atoms with Crippen LogP contribution in [0.1, 0.15) is 23.7 Å². The normalized spacial score (nSPS) is 11.1. The molecule has 0 aliphatic heterocycles. The number of amides is 1. The highest BCUT2D eigenvalue weighted by Crippen LogP contribution is 2.36. The standard InChI is InChI=1S/C16H26N2O6S/c1-6-18(25(5,20)21)13-11-15(24-4)14(23-3)10-12(13)16(19)17-8-7-9-22-2/h10-11H,6-9H2,1-5H3,(H,17,19). The zero-order valence-electron chi connectivity index (χ0n) is 15.3. The minimum atomic E-state index is -3.56. The highest BCUT2D eigenvalue weighted by Gasteiger charge is 2.25. The van der Waals surface area contributed by atoms with Gasteiger partial charge in [0.25, 0.3) is 5.91 Å². The number of sulfonamides is 1. The molecule has 25 heavy (non-hydrogen) atoms. The zero-order valence-corrected chi connectivity index (χ0v) is 16.1. The summed E-state index contributed by atoms with van der Waals surface area (Å²) >= 11 is 0. The molecule has 1 aromatic rings. The van der Waals surface area contributed by atoms with Crippen LogP contribution in [0.5, 0.6) is 11.5 Å². The molecule has 142 valence electrons. The van der Waals surface area contributed by atoms with E-state index in [1.165, 1.54) is 26.4 Å². The summed E-state index contributed by atoms with van der Waals surface area (Å²) in [4.78, 5) is 12.6. The van der Waals surface area contributed by atoms with Gasteiger partial charge in [0.2, 0.25) is 10.0 Å². The van der Waals surface area contributed by atoms with Gasteiger partial charge in [-0.1, -0.05) is 0 Å². The van der Waals surface area contributed by atoms with Crippen molar-refractivity contribution in [3.63, 3.8) is 0 Å². The highest BCUT2D eigenvalue weighted by molar-refractivity contribution is 7.92. The molecule has 0 saturated heterocycles. The Bertz CT molecular complexity index is 690. The third-order valence-corrected chi connectivity index (χ3v) is 4.77. The minimum absolute atomic E-state index is 0.179. The largest absolute Gasteiger partial charge is 0.493 e. The Labute approximate surface area is 149 Å². The molecule has 0 saturated carbocycles. The third kappa shape index (κ3) is 5.50. The van der Waals surface area contributed by atoms with Gasteiger partial charge in [0.05, 0.1) is 31.7 Å². The molecule has 0 spiro atoms. The summed E-state index contributed by atoms with van der Waals surface area (Å²) in [5.74, 6) is 0.294. The highest BCUT2D eigenvalue weighted by atomic mass is 32.2. The van der Waals surface area contributed by atoms with E-state index in [-0.39, 0.29) is 17.8 Å². The molecule has 0 aliphatic carbocycles. The minimum Gasteiger partial charge on any atom is -0.493 e. The van der Waals surface area contributed by atoms with Gasteiger partial charge >= 0.3 is 0 Å². The van der Waals surface area contributed by atoms with E-state index in [0.29, 0.717) is 31.1 Å². The maximum Gasteiger partial charge on any atom is 0.253 e. The van der Waals surface area contributed by atoms with Crippen molar-refractivity contribution in [1.29, 1.82) is 0 Å². The fraction of sp³-hybridized carbons (Fsp3) is 0.562. The van der Waals surface area contributed by atoms with Gasteiger partial charge in [0, 0.05) is 32.9 Å². The monoisotopic (exact) mass is 374 g/mol. The molecule has 1 amide bonds. The summed E-state index contributed by atoms with van der Waals surface area (Å²) in [6, 6.07) is 2.97. The van der Waals surface area contributed by atoms with Crippen molar-refractivity contribution in [3.8, 4) is 11.5 Å². The molecule has 8 nitrogen and oxygen atoms in total. The van der Waals surface area contributed by atoms with E-state index in [2.05, 4.69) is 5.32 Å². The van der Waals surface area contributed by atoms with Crippen LogP contribution < -0.4 is 19.1 Å². The van der Waals surface area contributed by atoms with Crippen LogP contribution in [-0.4, -0.2) is 61.6 Å². The van der Waals surface area contributed by atoms with Crippen LogP contribution in [0.2, 0.25) is 0 Å². The van der Waals surface area contributed by atoms with Crippen molar-refractivity contribution in [2.75, 3.05) is 51.6 Å². The SMILES string of the molecule is CCN(c1cc(OC)c(OC)cc1C(=O)NCCCOC)S(C)(=O)=O. The van der Waals surface area contributed by atoms with Gasteiger partial charge in [-0.15, -0.1) is 0 Å². The molecule has 0 heterocycles. The van der Waals surface area contributed by atoms with Crippen LogP contribution in [-0.2, 0) is 14.8 Å². The van der Waals surface area contributed by atoms with Crippen LogP contribution >= 0.6 is 0 Å². The fourth-order valence-electron chi connectivity index (χ4n) is 2.35. The number of ether oxygens (including phenoxy) is 3. The zero-order chi connectivity index (χ0) is 19.0. The Balaban J connectivity index is 3.34. The summed E-state index contributed by atoms with van der Waals surface area (Å²) in [7, 11) is 0.920. The lowest BCUT2D eigenvalue weighted by Gasteiger charge is -2.24. The Morgan fingerprint density at radius 2 is 1.76 bits per heavy atom. The van der Waals surface area contributed by atoms with Crippen LogP contribution in [0.15, 0.2) is 12.1 Å². The van der Waals surface area contributed by atoms with Gasteiger partial charge in [-0.3, -0.25) is 9.10 Å². The van der Waals surface area contributed by atoms with Gasteiger partial charge < -0.3 is 19.5 Å². The number of carbonyl (C=O) groups excluding carboxylic acids is 1. The van der Waals surface area contributed by atoms with Crippen molar-refractivity contribution in [3.05, 3.63) is 17.7 Å². The first-order valence-corrected chi connectivity index (χ1v) is 9.65. The maximum atomic E-state index is 12.6. The van der Waals surface area contributed by atoms with Crippen LogP contribution in [0, 0.1) is 0 Å². The molecule has 0 radical (unpaired) electrons. The summed E-state index contributed by atoms with van der Waals surface area (Å²) in [6.45, 7) is 2.80. The maximum absolute atomic E-state index is 12.6. The number of hydrogen-bond acceptors (Lipinski definition) is 6. The summed E-state index contributed by atoms with van der Waals surface area (Å²) < 4.78 is 40.8. The molecule has 0 atom stereocenters. The average Bonchev–Trinajstić information content (AvgIpc) is 2.57. The molecule has 1 N–H and O–H groups in total. The number of hydrogen-bond donors (Lipinski definition) is 1. The molecule has 0 aromatic heterocycles. The molecular weight excluding hydrogens is 348 g/mol. The predicted molar refractivity (Wildman–Crippen MR) is 96.2 cm³/mol. The first-order valence-electron chi connectivity index (χ1n) is 7.81. The van der Waals surface area contributed by atoms with E-state index in [1.54, 1.807) is 14.0 Å². The average molecular weight is 374 g/mol. The first kappa shape index (κ1) is 21.0. The molecule has 1 rings (SSSR count). The molecule has 9 heteroatoms. The molecule has 1 aromatic carbocycles. The third-order valence-electron chi connectivity index (χ3n) is 3.51. The molecule has 0 fully saturated rings. The van der Waals surface area contributed by atoms with Crippen LogP contribution in [0.4, 0.5) is 5.69 Å². The molecule has 0 aliphatic rings. The van der Waals surface area contributed by atoms with Crippen molar-refractivity contribution < 1.29 is 27.4 Å². The Morgan fingerprint density at radius 3 is 2.24 bits per heavy atom. The Morgan fingerprint density at radius 1 is 1.16 bits per heavy atom. The fourth-order valence-corrected chi connectivity index (χ4v) is 3.33. The second-order valence-electron chi connectivity index (χ2n) is 5.25. The summed E-state index contributed by atoms with van der Waals surface area (Å²) in [5, 5.41) is 2.76. The second-order valence-corrected chi connectivity index (χ2v) is 7.16. The molecular formula is C16H26N2O6S. The quantitative estimate of drug-likeness (QED) is 0.620. The van der Waals surface area contributed by atoms with E-state index in [9.17, 15) is 13.2 Å². The number of rotatable bonds is 10.